The third kappa shape index (κ3) is 8.34. The second kappa shape index (κ2) is 14.2. The van der Waals surface area contributed by atoms with Crippen molar-refractivity contribution in [2.24, 2.45) is 5.92 Å². The van der Waals surface area contributed by atoms with Gasteiger partial charge in [0.05, 0.1) is 6.61 Å². The Bertz CT molecular complexity index is 968. The minimum atomic E-state index is -0.856. The Morgan fingerprint density at radius 2 is 1.91 bits per heavy atom. The molecule has 3 rings (SSSR count). The molecule has 2 N–H and O–H groups in total. The Kier molecular flexibility index (Phi) is 11.1. The van der Waals surface area contributed by atoms with Gasteiger partial charge in [0, 0.05) is 11.3 Å². The summed E-state index contributed by atoms with van der Waals surface area (Å²) < 4.78 is 6.16. The van der Waals surface area contributed by atoms with E-state index in [1.807, 2.05) is 30.5 Å². The van der Waals surface area contributed by atoms with Crippen LogP contribution in [0.25, 0.3) is 16.8 Å². The summed E-state index contributed by atoms with van der Waals surface area (Å²) >= 11 is 1.64. The van der Waals surface area contributed by atoms with E-state index < -0.39 is 12.0 Å². The van der Waals surface area contributed by atoms with Crippen LogP contribution in [-0.4, -0.2) is 35.7 Å². The van der Waals surface area contributed by atoms with Gasteiger partial charge in [0.1, 0.15) is 11.8 Å². The van der Waals surface area contributed by atoms with Crippen LogP contribution in [0.4, 0.5) is 0 Å². The number of hydrogen-bond acceptors (Lipinski definition) is 4. The van der Waals surface area contributed by atoms with Crippen molar-refractivity contribution in [1.29, 1.82) is 0 Å². The number of aliphatic carboxylic acids is 1. The van der Waals surface area contributed by atoms with Crippen molar-refractivity contribution < 1.29 is 14.6 Å². The van der Waals surface area contributed by atoms with Crippen LogP contribution < -0.4 is 10.1 Å². The van der Waals surface area contributed by atoms with Crippen molar-refractivity contribution in [3.8, 4) is 16.9 Å². The first-order valence-electron chi connectivity index (χ1n) is 13.0. The van der Waals surface area contributed by atoms with Gasteiger partial charge in [-0.05, 0) is 79.0 Å². The molecular formula is C30H41NO3S. The van der Waals surface area contributed by atoms with E-state index in [1.165, 1.54) is 44.9 Å². The monoisotopic (exact) mass is 495 g/mol. The summed E-state index contributed by atoms with van der Waals surface area (Å²) in [7, 11) is 0. The molecule has 0 saturated heterocycles. The van der Waals surface area contributed by atoms with Crippen LogP contribution in [0, 0.1) is 12.8 Å². The van der Waals surface area contributed by atoms with E-state index in [0.717, 1.165) is 46.1 Å². The highest BCUT2D eigenvalue weighted by atomic mass is 32.2. The fraction of sp³-hybridized carbons (Fsp3) is 0.500. The van der Waals surface area contributed by atoms with E-state index in [0.29, 0.717) is 18.7 Å². The third-order valence-electron chi connectivity index (χ3n) is 7.01. The Morgan fingerprint density at radius 3 is 2.63 bits per heavy atom. The molecule has 1 saturated carbocycles. The molecule has 0 aliphatic heterocycles. The second-order valence-corrected chi connectivity index (χ2v) is 10.7. The minimum Gasteiger partial charge on any atom is -0.494 e. The number of ether oxygens (including phenoxy) is 1. The zero-order chi connectivity index (χ0) is 25.0. The van der Waals surface area contributed by atoms with Crippen LogP contribution in [0.3, 0.4) is 0 Å². The van der Waals surface area contributed by atoms with Gasteiger partial charge in [-0.2, -0.15) is 11.8 Å². The lowest BCUT2D eigenvalue weighted by molar-refractivity contribution is -0.139. The molecule has 0 heterocycles. The Morgan fingerprint density at radius 1 is 1.14 bits per heavy atom. The number of benzene rings is 2. The molecule has 0 bridgehead atoms. The lowest BCUT2D eigenvalue weighted by Gasteiger charge is -2.21. The molecule has 190 valence electrons. The maximum atomic E-state index is 11.8. The third-order valence-corrected chi connectivity index (χ3v) is 7.65. The molecule has 2 aromatic carbocycles. The first-order chi connectivity index (χ1) is 17.0. The van der Waals surface area contributed by atoms with Crippen molar-refractivity contribution in [3.05, 3.63) is 60.2 Å². The van der Waals surface area contributed by atoms with Crippen molar-refractivity contribution >= 4 is 23.4 Å². The summed E-state index contributed by atoms with van der Waals surface area (Å²) in [6.07, 6.45) is 13.2. The van der Waals surface area contributed by atoms with Gasteiger partial charge >= 0.3 is 5.97 Å². The van der Waals surface area contributed by atoms with Crippen LogP contribution in [0.1, 0.15) is 68.9 Å². The zero-order valence-corrected chi connectivity index (χ0v) is 22.2. The molecule has 0 aromatic heterocycles. The number of hydrogen-bond donors (Lipinski definition) is 2. The van der Waals surface area contributed by atoms with Crippen molar-refractivity contribution in [2.75, 3.05) is 18.6 Å². The fourth-order valence-electron chi connectivity index (χ4n) is 4.96. The Balaban J connectivity index is 1.70. The number of aryl methyl sites for hydroxylation is 1. The average molecular weight is 496 g/mol. The molecule has 2 aromatic rings. The topological polar surface area (TPSA) is 58.6 Å². The van der Waals surface area contributed by atoms with Crippen LogP contribution in [0.2, 0.25) is 0 Å². The highest BCUT2D eigenvalue weighted by Gasteiger charge is 2.20. The predicted octanol–water partition coefficient (Wildman–Crippen LogP) is 7.56. The van der Waals surface area contributed by atoms with Crippen LogP contribution >= 0.6 is 11.8 Å². The number of carbonyl (C=O) groups is 1. The lowest BCUT2D eigenvalue weighted by Crippen LogP contribution is -2.35. The van der Waals surface area contributed by atoms with Gasteiger partial charge in [0.2, 0.25) is 0 Å². The molecule has 4 nitrogen and oxygen atoms in total. The first kappa shape index (κ1) is 27.2. The zero-order valence-electron chi connectivity index (χ0n) is 21.4. The minimum absolute atomic E-state index is 0.539. The quantitative estimate of drug-likeness (QED) is 0.265. The number of thioether (sulfide) groups is 1. The highest BCUT2D eigenvalue weighted by Crippen LogP contribution is 2.34. The van der Waals surface area contributed by atoms with Gasteiger partial charge < -0.3 is 15.2 Å². The molecule has 0 amide bonds. The van der Waals surface area contributed by atoms with E-state index in [2.05, 4.69) is 37.0 Å². The van der Waals surface area contributed by atoms with E-state index in [1.54, 1.807) is 11.8 Å². The normalized spacial score (nSPS) is 14.9. The van der Waals surface area contributed by atoms with E-state index in [-0.39, 0.29) is 0 Å². The van der Waals surface area contributed by atoms with Gasteiger partial charge in [0.15, 0.2) is 0 Å². The average Bonchev–Trinajstić information content (AvgIpc) is 2.87. The molecule has 1 atom stereocenters. The molecule has 1 aliphatic carbocycles. The number of carboxylic acid groups (broad SMARTS) is 1. The molecule has 1 fully saturated rings. The van der Waals surface area contributed by atoms with Gasteiger partial charge in [-0.1, -0.05) is 69.4 Å². The van der Waals surface area contributed by atoms with Crippen LogP contribution in [-0.2, 0) is 4.79 Å². The predicted molar refractivity (Wildman–Crippen MR) is 149 cm³/mol. The van der Waals surface area contributed by atoms with E-state index >= 15 is 0 Å². The molecular weight excluding hydrogens is 454 g/mol. The fourth-order valence-corrected chi connectivity index (χ4v) is 5.43. The maximum absolute atomic E-state index is 11.8. The molecule has 0 unspecified atom stereocenters. The van der Waals surface area contributed by atoms with E-state index in [9.17, 15) is 9.90 Å². The summed E-state index contributed by atoms with van der Waals surface area (Å²) in [5.41, 5.74) is 4.79. The summed E-state index contributed by atoms with van der Waals surface area (Å²) in [5, 5.41) is 12.8. The molecule has 5 heteroatoms. The number of carboxylic acids is 1. The van der Waals surface area contributed by atoms with Crippen molar-refractivity contribution in [3.63, 3.8) is 0 Å². The molecule has 0 spiro atoms. The van der Waals surface area contributed by atoms with Crippen LogP contribution in [0.5, 0.6) is 5.75 Å². The van der Waals surface area contributed by atoms with Gasteiger partial charge in [0.25, 0.3) is 0 Å². The van der Waals surface area contributed by atoms with Gasteiger partial charge in [-0.25, -0.2) is 4.79 Å². The van der Waals surface area contributed by atoms with Gasteiger partial charge in [-0.15, -0.1) is 0 Å². The number of rotatable bonds is 14. The lowest BCUT2D eigenvalue weighted by atomic mass is 9.86. The smallest absolute Gasteiger partial charge is 0.326 e. The Hall–Kier alpha value is -2.40. The number of nitrogens with one attached hydrogen (secondary N) is 1. The molecule has 1 aliphatic rings. The van der Waals surface area contributed by atoms with Crippen molar-refractivity contribution in [1.82, 2.24) is 5.32 Å². The highest BCUT2D eigenvalue weighted by molar-refractivity contribution is 7.98. The number of unbranched alkanes of at least 4 members (excludes halogenated alkanes) is 1. The van der Waals surface area contributed by atoms with Gasteiger partial charge in [-0.3, -0.25) is 0 Å². The summed E-state index contributed by atoms with van der Waals surface area (Å²) in [5.74, 6) is 1.68. The largest absolute Gasteiger partial charge is 0.494 e. The summed E-state index contributed by atoms with van der Waals surface area (Å²) in [6, 6.07) is 13.6. The van der Waals surface area contributed by atoms with Crippen molar-refractivity contribution in [2.45, 2.75) is 70.8 Å². The Labute approximate surface area is 215 Å². The SMILES string of the molecule is C=C(N[C@@H](CCSC)C(=O)O)c1ccc(OCCCCC2CCCCC2)cc1-c1ccccc1C. The van der Waals surface area contributed by atoms with Crippen LogP contribution in [0.15, 0.2) is 49.0 Å². The maximum Gasteiger partial charge on any atom is 0.326 e. The standard InChI is InChI=1S/C30H41NO3S/c1-22-11-7-8-15-26(22)28-21-25(34-19-10-9-14-24-12-5-4-6-13-24)16-17-27(28)23(2)31-29(30(32)33)18-20-35-3/h7-8,11,15-17,21,24,29,31H,2,4-6,9-10,12-14,18-20H2,1,3H3,(H,32,33)/t29-/m0/s1. The van der Waals surface area contributed by atoms with E-state index in [4.69, 9.17) is 4.74 Å². The molecule has 0 radical (unpaired) electrons. The second-order valence-electron chi connectivity index (χ2n) is 9.67. The first-order valence-corrected chi connectivity index (χ1v) is 14.4. The summed E-state index contributed by atoms with van der Waals surface area (Å²) in [6.45, 7) is 7.02. The summed E-state index contributed by atoms with van der Waals surface area (Å²) in [4.78, 5) is 11.8. The molecule has 35 heavy (non-hydrogen) atoms.